The highest BCUT2D eigenvalue weighted by Crippen LogP contribution is 2.31. The largest absolute Gasteiger partial charge is 0.385 e. The summed E-state index contributed by atoms with van der Waals surface area (Å²) in [4.78, 5) is 0. The Morgan fingerprint density at radius 1 is 1.50 bits per heavy atom. The second-order valence-corrected chi connectivity index (χ2v) is 4.85. The van der Waals surface area contributed by atoms with Crippen LogP contribution in [0.4, 0.5) is 0 Å². The molecule has 0 heterocycles. The summed E-state index contributed by atoms with van der Waals surface area (Å²) in [6.45, 7) is 0.782. The van der Waals surface area contributed by atoms with Gasteiger partial charge < -0.3 is 10.1 Å². The minimum Gasteiger partial charge on any atom is -0.385 e. The molecule has 0 spiro atoms. The van der Waals surface area contributed by atoms with Crippen LogP contribution < -0.4 is 5.32 Å². The van der Waals surface area contributed by atoms with Crippen LogP contribution in [0, 0.1) is 0 Å². The van der Waals surface area contributed by atoms with E-state index >= 15 is 0 Å². The fraction of sp³-hybridized carbons (Fsp3) is 0.500. The zero-order chi connectivity index (χ0) is 12.0. The molecule has 0 saturated heterocycles. The first kappa shape index (κ1) is 14.0. The van der Waals surface area contributed by atoms with Gasteiger partial charge in [-0.2, -0.15) is 0 Å². The van der Waals surface area contributed by atoms with Gasteiger partial charge in [0.1, 0.15) is 0 Å². The summed E-state index contributed by atoms with van der Waals surface area (Å²) >= 11 is 9.70. The van der Waals surface area contributed by atoms with Crippen LogP contribution in [-0.2, 0) is 4.74 Å². The van der Waals surface area contributed by atoms with Gasteiger partial charge in [0.2, 0.25) is 0 Å². The number of ether oxygens (including phenoxy) is 1. The molecule has 90 valence electrons. The summed E-state index contributed by atoms with van der Waals surface area (Å²) in [5.41, 5.74) is 1.13. The van der Waals surface area contributed by atoms with E-state index in [2.05, 4.69) is 27.3 Å². The maximum absolute atomic E-state index is 6.26. The number of rotatable bonds is 6. The quantitative estimate of drug-likeness (QED) is 0.807. The number of halogens is 2. The lowest BCUT2D eigenvalue weighted by Crippen LogP contribution is -2.17. The maximum atomic E-state index is 6.26. The van der Waals surface area contributed by atoms with Crippen molar-refractivity contribution >= 4 is 27.5 Å². The predicted molar refractivity (Wildman–Crippen MR) is 72.1 cm³/mol. The lowest BCUT2D eigenvalue weighted by Gasteiger charge is -2.18. The summed E-state index contributed by atoms with van der Waals surface area (Å²) in [5, 5.41) is 4.08. The van der Waals surface area contributed by atoms with Crippen molar-refractivity contribution in [3.63, 3.8) is 0 Å². The molecule has 0 saturated carbocycles. The third-order valence-electron chi connectivity index (χ3n) is 2.55. The van der Waals surface area contributed by atoms with Crippen molar-refractivity contribution in [3.8, 4) is 0 Å². The normalized spacial score (nSPS) is 12.8. The predicted octanol–water partition coefficient (Wildman–Crippen LogP) is 3.79. The maximum Gasteiger partial charge on any atom is 0.0595 e. The van der Waals surface area contributed by atoms with Crippen molar-refractivity contribution in [2.45, 2.75) is 18.9 Å². The standard InChI is InChI=1S/C12H17BrClNO/c1-15-11(7-4-8-16-2)9-5-3-6-10(13)12(9)14/h3,5-6,11,15H,4,7-8H2,1-2H3. The number of hydrogen-bond acceptors (Lipinski definition) is 2. The number of hydrogen-bond donors (Lipinski definition) is 1. The van der Waals surface area contributed by atoms with Crippen molar-refractivity contribution < 1.29 is 4.74 Å². The van der Waals surface area contributed by atoms with Gasteiger partial charge in [0, 0.05) is 24.2 Å². The van der Waals surface area contributed by atoms with Gasteiger partial charge in [-0.25, -0.2) is 0 Å². The minimum absolute atomic E-state index is 0.278. The van der Waals surface area contributed by atoms with Gasteiger partial charge in [-0.15, -0.1) is 0 Å². The molecule has 0 aliphatic heterocycles. The van der Waals surface area contributed by atoms with Crippen LogP contribution >= 0.6 is 27.5 Å². The van der Waals surface area contributed by atoms with Crippen LogP contribution in [0.5, 0.6) is 0 Å². The van der Waals surface area contributed by atoms with Gasteiger partial charge in [0.05, 0.1) is 5.02 Å². The molecule has 1 aromatic carbocycles. The Morgan fingerprint density at radius 3 is 2.88 bits per heavy atom. The molecule has 0 radical (unpaired) electrons. The minimum atomic E-state index is 0.278. The fourth-order valence-electron chi connectivity index (χ4n) is 1.68. The van der Waals surface area contributed by atoms with Crippen LogP contribution in [0.15, 0.2) is 22.7 Å². The third kappa shape index (κ3) is 3.74. The monoisotopic (exact) mass is 305 g/mol. The summed E-state index contributed by atoms with van der Waals surface area (Å²) < 4.78 is 6.00. The second-order valence-electron chi connectivity index (χ2n) is 3.62. The number of methoxy groups -OCH3 is 1. The molecule has 0 aromatic heterocycles. The van der Waals surface area contributed by atoms with E-state index < -0.39 is 0 Å². The average molecular weight is 307 g/mol. The molecular weight excluding hydrogens is 289 g/mol. The van der Waals surface area contributed by atoms with Gasteiger partial charge in [0.25, 0.3) is 0 Å². The van der Waals surface area contributed by atoms with Crippen LogP contribution in [0.2, 0.25) is 5.02 Å². The first-order chi connectivity index (χ1) is 7.70. The Labute approximate surface area is 110 Å². The molecule has 1 aromatic rings. The smallest absolute Gasteiger partial charge is 0.0595 e. The summed E-state index contributed by atoms with van der Waals surface area (Å²) in [6, 6.07) is 6.29. The number of benzene rings is 1. The molecule has 2 nitrogen and oxygen atoms in total. The van der Waals surface area contributed by atoms with E-state index in [-0.39, 0.29) is 6.04 Å². The van der Waals surface area contributed by atoms with Gasteiger partial charge in [-0.05, 0) is 47.4 Å². The van der Waals surface area contributed by atoms with Crippen LogP contribution in [0.1, 0.15) is 24.4 Å². The second kappa shape index (κ2) is 7.28. The molecule has 0 amide bonds. The van der Waals surface area contributed by atoms with E-state index in [0.717, 1.165) is 34.5 Å². The molecule has 1 rings (SSSR count). The van der Waals surface area contributed by atoms with Gasteiger partial charge in [-0.3, -0.25) is 0 Å². The fourth-order valence-corrected chi connectivity index (χ4v) is 2.32. The Morgan fingerprint density at radius 2 is 2.25 bits per heavy atom. The highest BCUT2D eigenvalue weighted by molar-refractivity contribution is 9.10. The Kier molecular flexibility index (Phi) is 6.36. The summed E-state index contributed by atoms with van der Waals surface area (Å²) in [6.07, 6.45) is 2.03. The van der Waals surface area contributed by atoms with E-state index in [1.165, 1.54) is 0 Å². The lowest BCUT2D eigenvalue weighted by molar-refractivity contribution is 0.189. The van der Waals surface area contributed by atoms with E-state index in [4.69, 9.17) is 16.3 Å². The van der Waals surface area contributed by atoms with Crippen molar-refractivity contribution in [1.82, 2.24) is 5.32 Å². The van der Waals surface area contributed by atoms with Crippen LogP contribution in [0.25, 0.3) is 0 Å². The Hall–Kier alpha value is -0.0900. The van der Waals surface area contributed by atoms with E-state index in [1.54, 1.807) is 7.11 Å². The highest BCUT2D eigenvalue weighted by Gasteiger charge is 2.13. The lowest BCUT2D eigenvalue weighted by atomic mass is 10.0. The van der Waals surface area contributed by atoms with Gasteiger partial charge >= 0.3 is 0 Å². The highest BCUT2D eigenvalue weighted by atomic mass is 79.9. The van der Waals surface area contributed by atoms with E-state index in [0.29, 0.717) is 0 Å². The molecule has 0 fully saturated rings. The van der Waals surface area contributed by atoms with Gasteiger partial charge in [-0.1, -0.05) is 23.7 Å². The SMILES string of the molecule is CNC(CCCOC)c1cccc(Br)c1Cl. The average Bonchev–Trinajstić information content (AvgIpc) is 2.29. The third-order valence-corrected chi connectivity index (χ3v) is 3.86. The van der Waals surface area contributed by atoms with Gasteiger partial charge in [0.15, 0.2) is 0 Å². The Bertz CT molecular complexity index is 333. The number of nitrogens with one attached hydrogen (secondary N) is 1. The topological polar surface area (TPSA) is 21.3 Å². The summed E-state index contributed by atoms with van der Waals surface area (Å²) in [7, 11) is 3.68. The van der Waals surface area contributed by atoms with Crippen molar-refractivity contribution in [1.29, 1.82) is 0 Å². The molecule has 1 N–H and O–H groups in total. The summed E-state index contributed by atoms with van der Waals surface area (Å²) in [5.74, 6) is 0. The van der Waals surface area contributed by atoms with E-state index in [9.17, 15) is 0 Å². The zero-order valence-electron chi connectivity index (χ0n) is 9.59. The van der Waals surface area contributed by atoms with Crippen molar-refractivity contribution in [3.05, 3.63) is 33.3 Å². The van der Waals surface area contributed by atoms with E-state index in [1.807, 2.05) is 19.2 Å². The molecule has 1 atom stereocenters. The molecule has 16 heavy (non-hydrogen) atoms. The van der Waals surface area contributed by atoms with Crippen LogP contribution in [0.3, 0.4) is 0 Å². The molecule has 0 aliphatic rings. The molecular formula is C12H17BrClNO. The zero-order valence-corrected chi connectivity index (χ0v) is 11.9. The van der Waals surface area contributed by atoms with Crippen molar-refractivity contribution in [2.24, 2.45) is 0 Å². The molecule has 1 unspecified atom stereocenters. The first-order valence-corrected chi connectivity index (χ1v) is 6.48. The first-order valence-electron chi connectivity index (χ1n) is 5.30. The van der Waals surface area contributed by atoms with Crippen LogP contribution in [-0.4, -0.2) is 20.8 Å². The molecule has 0 bridgehead atoms. The Balaban J connectivity index is 2.74. The van der Waals surface area contributed by atoms with Crippen molar-refractivity contribution in [2.75, 3.05) is 20.8 Å². The molecule has 4 heteroatoms. The molecule has 0 aliphatic carbocycles.